The van der Waals surface area contributed by atoms with E-state index in [0.717, 1.165) is 5.56 Å². The summed E-state index contributed by atoms with van der Waals surface area (Å²) in [6.45, 7) is 3.60. The Morgan fingerprint density at radius 2 is 1.84 bits per heavy atom. The number of carbonyl (C=O) groups is 1. The standard InChI is InChI=1S/C16H15FO2/c1-11-8-9-14(17)10-15(11)12(2)19-16(18)13-6-4-3-5-7-13/h3-10,12H,1-2H3. The minimum absolute atomic E-state index is 0.330. The van der Waals surface area contributed by atoms with E-state index in [0.29, 0.717) is 11.1 Å². The van der Waals surface area contributed by atoms with E-state index in [1.807, 2.05) is 13.0 Å². The van der Waals surface area contributed by atoms with E-state index in [2.05, 4.69) is 0 Å². The summed E-state index contributed by atoms with van der Waals surface area (Å²) in [6.07, 6.45) is -0.483. The molecule has 0 aliphatic heterocycles. The highest BCUT2D eigenvalue weighted by molar-refractivity contribution is 5.89. The maximum atomic E-state index is 13.2. The van der Waals surface area contributed by atoms with E-state index in [-0.39, 0.29) is 5.82 Å². The van der Waals surface area contributed by atoms with Crippen LogP contribution < -0.4 is 0 Å². The lowest BCUT2D eigenvalue weighted by Gasteiger charge is -2.16. The van der Waals surface area contributed by atoms with E-state index in [4.69, 9.17) is 4.74 Å². The second-order valence-corrected chi connectivity index (χ2v) is 4.41. The van der Waals surface area contributed by atoms with Crippen LogP contribution in [0.3, 0.4) is 0 Å². The molecule has 2 aromatic rings. The number of halogens is 1. The first-order valence-electron chi connectivity index (χ1n) is 6.10. The van der Waals surface area contributed by atoms with Crippen LogP contribution in [-0.2, 0) is 4.74 Å². The van der Waals surface area contributed by atoms with Gasteiger partial charge in [-0.3, -0.25) is 0 Å². The molecule has 0 aromatic heterocycles. The van der Waals surface area contributed by atoms with Gasteiger partial charge < -0.3 is 4.74 Å². The molecule has 0 aliphatic carbocycles. The Morgan fingerprint density at radius 3 is 2.53 bits per heavy atom. The Kier molecular flexibility index (Phi) is 3.95. The molecule has 19 heavy (non-hydrogen) atoms. The highest BCUT2D eigenvalue weighted by atomic mass is 19.1. The van der Waals surface area contributed by atoms with Crippen molar-refractivity contribution < 1.29 is 13.9 Å². The van der Waals surface area contributed by atoms with Crippen LogP contribution in [0, 0.1) is 12.7 Å². The number of benzene rings is 2. The van der Waals surface area contributed by atoms with Gasteiger partial charge in [0.25, 0.3) is 0 Å². The predicted molar refractivity (Wildman–Crippen MR) is 71.4 cm³/mol. The minimum Gasteiger partial charge on any atom is -0.454 e. The smallest absolute Gasteiger partial charge is 0.338 e. The first-order chi connectivity index (χ1) is 9.08. The van der Waals surface area contributed by atoms with Crippen molar-refractivity contribution in [2.75, 3.05) is 0 Å². The lowest BCUT2D eigenvalue weighted by Crippen LogP contribution is -2.10. The van der Waals surface area contributed by atoms with E-state index in [1.165, 1.54) is 12.1 Å². The lowest BCUT2D eigenvalue weighted by atomic mass is 10.0. The van der Waals surface area contributed by atoms with E-state index >= 15 is 0 Å². The summed E-state index contributed by atoms with van der Waals surface area (Å²) in [7, 11) is 0. The molecule has 0 N–H and O–H groups in total. The van der Waals surface area contributed by atoms with Crippen molar-refractivity contribution in [3.63, 3.8) is 0 Å². The topological polar surface area (TPSA) is 26.3 Å². The van der Waals surface area contributed by atoms with Crippen molar-refractivity contribution in [2.45, 2.75) is 20.0 Å². The minimum atomic E-state index is -0.483. The van der Waals surface area contributed by atoms with Crippen LogP contribution >= 0.6 is 0 Å². The van der Waals surface area contributed by atoms with E-state index in [1.54, 1.807) is 37.3 Å². The Morgan fingerprint density at radius 1 is 1.16 bits per heavy atom. The second kappa shape index (κ2) is 5.65. The highest BCUT2D eigenvalue weighted by Gasteiger charge is 2.15. The van der Waals surface area contributed by atoms with Crippen molar-refractivity contribution in [3.05, 3.63) is 71.0 Å². The van der Waals surface area contributed by atoms with Gasteiger partial charge in [-0.1, -0.05) is 24.3 Å². The number of rotatable bonds is 3. The van der Waals surface area contributed by atoms with Gasteiger partial charge in [0, 0.05) is 0 Å². The maximum absolute atomic E-state index is 13.2. The third-order valence-corrected chi connectivity index (χ3v) is 2.97. The van der Waals surface area contributed by atoms with Gasteiger partial charge >= 0.3 is 5.97 Å². The summed E-state index contributed by atoms with van der Waals surface area (Å²) < 4.78 is 18.6. The Bertz CT molecular complexity index is 579. The summed E-state index contributed by atoms with van der Waals surface area (Å²) in [5.74, 6) is -0.736. The number of hydrogen-bond acceptors (Lipinski definition) is 2. The SMILES string of the molecule is Cc1ccc(F)cc1C(C)OC(=O)c1ccccc1. The molecule has 2 nitrogen and oxygen atoms in total. The summed E-state index contributed by atoms with van der Waals surface area (Å²) in [5.41, 5.74) is 2.07. The zero-order chi connectivity index (χ0) is 13.8. The fraction of sp³-hybridized carbons (Fsp3) is 0.188. The van der Waals surface area contributed by atoms with Gasteiger partial charge in [-0.05, 0) is 49.2 Å². The number of aryl methyl sites for hydroxylation is 1. The number of ether oxygens (including phenoxy) is 1. The quantitative estimate of drug-likeness (QED) is 0.776. The Balaban J connectivity index is 2.15. The third-order valence-electron chi connectivity index (χ3n) is 2.97. The molecule has 1 atom stereocenters. The normalized spacial score (nSPS) is 11.9. The summed E-state index contributed by atoms with van der Waals surface area (Å²) >= 11 is 0. The molecule has 0 saturated heterocycles. The summed E-state index contributed by atoms with van der Waals surface area (Å²) in [6, 6.07) is 13.2. The molecule has 0 aliphatic rings. The van der Waals surface area contributed by atoms with Crippen molar-refractivity contribution in [2.24, 2.45) is 0 Å². The van der Waals surface area contributed by atoms with Crippen molar-refractivity contribution >= 4 is 5.97 Å². The van der Waals surface area contributed by atoms with Crippen LogP contribution in [-0.4, -0.2) is 5.97 Å². The molecule has 0 bridgehead atoms. The van der Waals surface area contributed by atoms with Gasteiger partial charge in [0.2, 0.25) is 0 Å². The van der Waals surface area contributed by atoms with Crippen LogP contribution in [0.2, 0.25) is 0 Å². The Labute approximate surface area is 111 Å². The molecule has 0 heterocycles. The van der Waals surface area contributed by atoms with Crippen LogP contribution in [0.5, 0.6) is 0 Å². The number of carbonyl (C=O) groups excluding carboxylic acids is 1. The van der Waals surface area contributed by atoms with E-state index < -0.39 is 12.1 Å². The van der Waals surface area contributed by atoms with Crippen LogP contribution in [0.4, 0.5) is 4.39 Å². The number of hydrogen-bond donors (Lipinski definition) is 0. The third kappa shape index (κ3) is 3.19. The summed E-state index contributed by atoms with van der Waals surface area (Å²) in [5, 5.41) is 0. The Hall–Kier alpha value is -2.16. The fourth-order valence-corrected chi connectivity index (χ4v) is 1.92. The van der Waals surface area contributed by atoms with Crippen LogP contribution in [0.15, 0.2) is 48.5 Å². The molecule has 0 radical (unpaired) electrons. The molecule has 98 valence electrons. The molecule has 2 aromatic carbocycles. The lowest BCUT2D eigenvalue weighted by molar-refractivity contribution is 0.0336. The van der Waals surface area contributed by atoms with Gasteiger partial charge in [0.05, 0.1) is 5.56 Å². The van der Waals surface area contributed by atoms with Crippen molar-refractivity contribution in [1.29, 1.82) is 0 Å². The average Bonchev–Trinajstić information content (AvgIpc) is 2.42. The predicted octanol–water partition coefficient (Wildman–Crippen LogP) is 4.05. The van der Waals surface area contributed by atoms with Gasteiger partial charge in [0.15, 0.2) is 0 Å². The van der Waals surface area contributed by atoms with Crippen molar-refractivity contribution in [3.8, 4) is 0 Å². The van der Waals surface area contributed by atoms with Crippen LogP contribution in [0.25, 0.3) is 0 Å². The van der Waals surface area contributed by atoms with Crippen molar-refractivity contribution in [1.82, 2.24) is 0 Å². The molecule has 2 rings (SSSR count). The molecule has 3 heteroatoms. The van der Waals surface area contributed by atoms with Gasteiger partial charge in [-0.25, -0.2) is 9.18 Å². The molecular weight excluding hydrogens is 243 g/mol. The molecular formula is C16H15FO2. The van der Waals surface area contributed by atoms with Gasteiger partial charge in [-0.15, -0.1) is 0 Å². The molecule has 0 saturated carbocycles. The molecule has 1 unspecified atom stereocenters. The fourth-order valence-electron chi connectivity index (χ4n) is 1.92. The number of esters is 1. The maximum Gasteiger partial charge on any atom is 0.338 e. The largest absolute Gasteiger partial charge is 0.454 e. The summed E-state index contributed by atoms with van der Waals surface area (Å²) in [4.78, 5) is 11.9. The first kappa shape index (κ1) is 13.3. The molecule has 0 amide bonds. The molecule has 0 fully saturated rings. The molecule has 0 spiro atoms. The second-order valence-electron chi connectivity index (χ2n) is 4.41. The monoisotopic (exact) mass is 258 g/mol. The average molecular weight is 258 g/mol. The zero-order valence-electron chi connectivity index (χ0n) is 10.9. The highest BCUT2D eigenvalue weighted by Crippen LogP contribution is 2.23. The van der Waals surface area contributed by atoms with Crippen LogP contribution in [0.1, 0.15) is 34.5 Å². The zero-order valence-corrected chi connectivity index (χ0v) is 10.9. The van der Waals surface area contributed by atoms with Gasteiger partial charge in [-0.2, -0.15) is 0 Å². The van der Waals surface area contributed by atoms with E-state index in [9.17, 15) is 9.18 Å². The first-order valence-corrected chi connectivity index (χ1v) is 6.10. The van der Waals surface area contributed by atoms with Gasteiger partial charge in [0.1, 0.15) is 11.9 Å².